The standard InChI is InChI=1S/C20H16BrF2N3O2/c21-13-6-4-12(5-7-13)17-18(27)25-20(24-17)8-10-26(11-9-20)19(28)16-14(22)2-1-3-15(16)23/h1-7H,8-11H2,(H,25,27). The van der Waals surface area contributed by atoms with E-state index in [9.17, 15) is 18.4 Å². The SMILES string of the molecule is O=C1NC2(CCN(C(=O)c3c(F)cccc3F)CC2)N=C1c1ccc(Br)cc1. The normalized spacial score (nSPS) is 18.2. The summed E-state index contributed by atoms with van der Waals surface area (Å²) >= 11 is 3.36. The third kappa shape index (κ3) is 3.32. The second-order valence-electron chi connectivity index (χ2n) is 6.84. The second-order valence-corrected chi connectivity index (χ2v) is 7.76. The van der Waals surface area contributed by atoms with Crippen LogP contribution in [0.1, 0.15) is 28.8 Å². The maximum Gasteiger partial charge on any atom is 0.272 e. The Balaban J connectivity index is 1.51. The number of halogens is 3. The highest BCUT2D eigenvalue weighted by Gasteiger charge is 2.43. The molecule has 1 spiro atoms. The summed E-state index contributed by atoms with van der Waals surface area (Å²) in [6.07, 6.45) is 0.751. The minimum Gasteiger partial charge on any atom is -0.338 e. The molecule has 28 heavy (non-hydrogen) atoms. The predicted molar refractivity (Wildman–Crippen MR) is 103 cm³/mol. The molecule has 2 aliphatic rings. The third-order valence-electron chi connectivity index (χ3n) is 5.06. The summed E-state index contributed by atoms with van der Waals surface area (Å²) < 4.78 is 28.7. The van der Waals surface area contributed by atoms with E-state index in [1.807, 2.05) is 12.1 Å². The van der Waals surface area contributed by atoms with E-state index in [-0.39, 0.29) is 19.0 Å². The molecule has 1 fully saturated rings. The number of amides is 2. The topological polar surface area (TPSA) is 61.8 Å². The number of nitrogens with zero attached hydrogens (tertiary/aromatic N) is 2. The molecule has 144 valence electrons. The van der Waals surface area contributed by atoms with Gasteiger partial charge in [0.05, 0.1) is 0 Å². The van der Waals surface area contributed by atoms with Crippen molar-refractivity contribution >= 4 is 33.5 Å². The highest BCUT2D eigenvalue weighted by atomic mass is 79.9. The maximum absolute atomic E-state index is 13.9. The lowest BCUT2D eigenvalue weighted by Gasteiger charge is -2.37. The first kappa shape index (κ1) is 18.7. The second kappa shape index (κ2) is 7.09. The van der Waals surface area contributed by atoms with Gasteiger partial charge in [-0.05, 0) is 24.3 Å². The van der Waals surface area contributed by atoms with Crippen LogP contribution in [-0.4, -0.2) is 41.2 Å². The van der Waals surface area contributed by atoms with Gasteiger partial charge >= 0.3 is 0 Å². The zero-order valence-electron chi connectivity index (χ0n) is 14.7. The summed E-state index contributed by atoms with van der Waals surface area (Å²) in [4.78, 5) is 31.0. The molecular formula is C20H16BrF2N3O2. The molecule has 5 nitrogen and oxygen atoms in total. The van der Waals surface area contributed by atoms with Crippen molar-refractivity contribution in [3.8, 4) is 0 Å². The van der Waals surface area contributed by atoms with Gasteiger partial charge in [-0.15, -0.1) is 0 Å². The molecule has 0 atom stereocenters. The van der Waals surface area contributed by atoms with Crippen molar-refractivity contribution in [2.75, 3.05) is 13.1 Å². The van der Waals surface area contributed by atoms with Crippen LogP contribution < -0.4 is 5.32 Å². The number of benzene rings is 2. The summed E-state index contributed by atoms with van der Waals surface area (Å²) in [5, 5.41) is 2.91. The molecule has 0 unspecified atom stereocenters. The number of likely N-dealkylation sites (tertiary alicyclic amines) is 1. The summed E-state index contributed by atoms with van der Waals surface area (Å²) in [5.41, 5.74) is -0.269. The highest BCUT2D eigenvalue weighted by molar-refractivity contribution is 9.10. The van der Waals surface area contributed by atoms with Crippen molar-refractivity contribution in [3.05, 3.63) is 69.7 Å². The van der Waals surface area contributed by atoms with Gasteiger partial charge in [0.25, 0.3) is 11.8 Å². The molecule has 0 bridgehead atoms. The molecule has 4 rings (SSSR count). The number of piperidine rings is 1. The van der Waals surface area contributed by atoms with Crippen LogP contribution in [0.15, 0.2) is 51.9 Å². The molecule has 8 heteroatoms. The number of rotatable bonds is 2. The van der Waals surface area contributed by atoms with Crippen LogP contribution in [0.3, 0.4) is 0 Å². The van der Waals surface area contributed by atoms with Gasteiger partial charge in [0, 0.05) is 36.0 Å². The van der Waals surface area contributed by atoms with Crippen molar-refractivity contribution in [3.63, 3.8) is 0 Å². The number of hydrogen-bond donors (Lipinski definition) is 1. The number of nitrogens with one attached hydrogen (secondary N) is 1. The lowest BCUT2D eigenvalue weighted by atomic mass is 9.97. The van der Waals surface area contributed by atoms with Gasteiger partial charge < -0.3 is 10.2 Å². The zero-order chi connectivity index (χ0) is 19.9. The Morgan fingerprint density at radius 1 is 1.07 bits per heavy atom. The first-order valence-electron chi connectivity index (χ1n) is 8.80. The van der Waals surface area contributed by atoms with Crippen molar-refractivity contribution in [2.24, 2.45) is 4.99 Å². The van der Waals surface area contributed by atoms with E-state index >= 15 is 0 Å². The Morgan fingerprint density at radius 2 is 1.68 bits per heavy atom. The Morgan fingerprint density at radius 3 is 2.29 bits per heavy atom. The van der Waals surface area contributed by atoms with E-state index in [1.165, 1.54) is 11.0 Å². The van der Waals surface area contributed by atoms with Crippen LogP contribution in [0.2, 0.25) is 0 Å². The number of carbonyl (C=O) groups is 2. The van der Waals surface area contributed by atoms with Crippen LogP contribution in [0.5, 0.6) is 0 Å². The van der Waals surface area contributed by atoms with Gasteiger partial charge in [0.15, 0.2) is 0 Å². The van der Waals surface area contributed by atoms with E-state index < -0.39 is 28.8 Å². The minimum atomic E-state index is -0.880. The van der Waals surface area contributed by atoms with Gasteiger partial charge in [-0.2, -0.15) is 0 Å². The fraction of sp³-hybridized carbons (Fsp3) is 0.250. The zero-order valence-corrected chi connectivity index (χ0v) is 16.3. The first-order valence-corrected chi connectivity index (χ1v) is 9.59. The molecule has 1 N–H and O–H groups in total. The molecule has 2 aliphatic heterocycles. The Labute approximate surface area is 168 Å². The average Bonchev–Trinajstić information content (AvgIpc) is 2.98. The van der Waals surface area contributed by atoms with Crippen molar-refractivity contribution in [1.82, 2.24) is 10.2 Å². The maximum atomic E-state index is 13.9. The summed E-state index contributed by atoms with van der Waals surface area (Å²) in [7, 11) is 0. The summed E-state index contributed by atoms with van der Waals surface area (Å²) in [5.74, 6) is -2.71. The predicted octanol–water partition coefficient (Wildman–Crippen LogP) is 3.28. The van der Waals surface area contributed by atoms with Gasteiger partial charge in [-0.25, -0.2) is 8.78 Å². The molecule has 1 saturated heterocycles. The van der Waals surface area contributed by atoms with Gasteiger partial charge in [-0.1, -0.05) is 34.1 Å². The van der Waals surface area contributed by atoms with Gasteiger partial charge in [-0.3, -0.25) is 14.6 Å². The molecule has 2 heterocycles. The molecular weight excluding hydrogens is 432 g/mol. The molecule has 0 aromatic heterocycles. The lowest BCUT2D eigenvalue weighted by molar-refractivity contribution is -0.115. The minimum absolute atomic E-state index is 0.240. The van der Waals surface area contributed by atoms with Crippen LogP contribution in [0.25, 0.3) is 0 Å². The Hall–Kier alpha value is -2.61. The lowest BCUT2D eigenvalue weighted by Crippen LogP contribution is -2.52. The van der Waals surface area contributed by atoms with Gasteiger partial charge in [0.1, 0.15) is 28.6 Å². The number of carbonyl (C=O) groups excluding carboxylic acids is 2. The van der Waals surface area contributed by atoms with E-state index in [2.05, 4.69) is 26.2 Å². The molecule has 0 saturated carbocycles. The quantitative estimate of drug-likeness (QED) is 0.767. The van der Waals surface area contributed by atoms with Gasteiger partial charge in [0.2, 0.25) is 0 Å². The first-order chi connectivity index (χ1) is 13.4. The van der Waals surface area contributed by atoms with Crippen LogP contribution in [-0.2, 0) is 4.79 Å². The highest BCUT2D eigenvalue weighted by Crippen LogP contribution is 2.30. The fourth-order valence-corrected chi connectivity index (χ4v) is 3.81. The van der Waals surface area contributed by atoms with E-state index in [0.717, 1.165) is 16.6 Å². The molecule has 2 amide bonds. The fourth-order valence-electron chi connectivity index (χ4n) is 3.54. The molecule has 2 aromatic carbocycles. The monoisotopic (exact) mass is 447 g/mol. The van der Waals surface area contributed by atoms with E-state index in [4.69, 9.17) is 0 Å². The largest absolute Gasteiger partial charge is 0.338 e. The van der Waals surface area contributed by atoms with Crippen LogP contribution >= 0.6 is 15.9 Å². The van der Waals surface area contributed by atoms with Crippen LogP contribution in [0, 0.1) is 11.6 Å². The summed E-state index contributed by atoms with van der Waals surface area (Å²) in [6.45, 7) is 0.480. The third-order valence-corrected chi connectivity index (χ3v) is 5.59. The van der Waals surface area contributed by atoms with E-state index in [1.54, 1.807) is 12.1 Å². The van der Waals surface area contributed by atoms with E-state index in [0.29, 0.717) is 24.1 Å². The Bertz CT molecular complexity index is 963. The van der Waals surface area contributed by atoms with Crippen molar-refractivity contribution in [2.45, 2.75) is 18.5 Å². The molecule has 2 aromatic rings. The number of aliphatic imine (C=N–C) groups is 1. The van der Waals surface area contributed by atoms with Crippen LogP contribution in [0.4, 0.5) is 8.78 Å². The molecule has 0 radical (unpaired) electrons. The Kier molecular flexibility index (Phi) is 4.74. The van der Waals surface area contributed by atoms with Crippen molar-refractivity contribution < 1.29 is 18.4 Å². The smallest absolute Gasteiger partial charge is 0.272 e. The van der Waals surface area contributed by atoms with Crippen molar-refractivity contribution in [1.29, 1.82) is 0 Å². The average molecular weight is 448 g/mol. The molecule has 0 aliphatic carbocycles. The number of hydrogen-bond acceptors (Lipinski definition) is 3. The summed E-state index contributed by atoms with van der Waals surface area (Å²) in [6, 6.07) is 10.6.